The van der Waals surface area contributed by atoms with E-state index in [4.69, 9.17) is 0 Å². The molecule has 0 bridgehead atoms. The minimum Gasteiger partial charge on any atom is -0.326 e. The molecule has 2 heterocycles. The van der Waals surface area contributed by atoms with Crippen molar-refractivity contribution >= 4 is 23.1 Å². The van der Waals surface area contributed by atoms with E-state index in [0.29, 0.717) is 24.5 Å². The van der Waals surface area contributed by atoms with Gasteiger partial charge >= 0.3 is 0 Å². The van der Waals surface area contributed by atoms with Gasteiger partial charge in [-0.05, 0) is 38.9 Å². The predicted molar refractivity (Wildman–Crippen MR) is 116 cm³/mol. The molecule has 3 aromatic rings. The lowest BCUT2D eigenvalue weighted by molar-refractivity contribution is -0.117. The molecule has 0 fully saturated rings. The Morgan fingerprint density at radius 1 is 1.28 bits per heavy atom. The molecule has 29 heavy (non-hydrogen) atoms. The first-order valence-electron chi connectivity index (χ1n) is 9.42. The van der Waals surface area contributed by atoms with Gasteiger partial charge in [-0.15, -0.1) is 11.3 Å². The summed E-state index contributed by atoms with van der Waals surface area (Å²) < 4.78 is 2.01. The molecule has 1 N–H and O–H groups in total. The lowest BCUT2D eigenvalue weighted by Gasteiger charge is -2.17. The summed E-state index contributed by atoms with van der Waals surface area (Å²) in [5, 5.41) is 13.7. The standard InChI is InChI=1S/C22H25N5OS/c1-15-16(2)27(12-18-8-6-5-7-9-18)22(20(15)10-23)25-21(28)14-26(4)13-19-11-24-17(3)29-19/h5-9,11H,12-14H2,1-4H3,(H,25,28). The van der Waals surface area contributed by atoms with Crippen molar-refractivity contribution in [2.24, 2.45) is 0 Å². The molecule has 1 aromatic carbocycles. The number of nitriles is 1. The summed E-state index contributed by atoms with van der Waals surface area (Å²) >= 11 is 1.63. The van der Waals surface area contributed by atoms with Crippen molar-refractivity contribution in [1.29, 1.82) is 5.26 Å². The van der Waals surface area contributed by atoms with Crippen molar-refractivity contribution in [3.05, 3.63) is 68.8 Å². The van der Waals surface area contributed by atoms with E-state index in [9.17, 15) is 10.1 Å². The molecule has 0 saturated carbocycles. The molecule has 3 rings (SSSR count). The van der Waals surface area contributed by atoms with Gasteiger partial charge in [0, 0.05) is 29.9 Å². The Balaban J connectivity index is 1.77. The largest absolute Gasteiger partial charge is 0.326 e. The van der Waals surface area contributed by atoms with Crippen molar-refractivity contribution < 1.29 is 4.79 Å². The number of rotatable bonds is 7. The van der Waals surface area contributed by atoms with E-state index >= 15 is 0 Å². The fourth-order valence-electron chi connectivity index (χ4n) is 3.31. The highest BCUT2D eigenvalue weighted by Crippen LogP contribution is 2.27. The maximum absolute atomic E-state index is 12.7. The Morgan fingerprint density at radius 2 is 2.00 bits per heavy atom. The second-order valence-electron chi connectivity index (χ2n) is 7.18. The first kappa shape index (κ1) is 20.8. The van der Waals surface area contributed by atoms with Crippen LogP contribution >= 0.6 is 11.3 Å². The molecule has 0 saturated heterocycles. The van der Waals surface area contributed by atoms with E-state index in [2.05, 4.69) is 16.4 Å². The number of hydrogen-bond donors (Lipinski definition) is 1. The van der Waals surface area contributed by atoms with Gasteiger partial charge in [-0.3, -0.25) is 9.69 Å². The van der Waals surface area contributed by atoms with Crippen molar-refractivity contribution in [2.45, 2.75) is 33.9 Å². The Hall–Kier alpha value is -2.95. The number of aromatic nitrogens is 2. The van der Waals surface area contributed by atoms with Gasteiger partial charge in [0.15, 0.2) is 0 Å². The normalized spacial score (nSPS) is 10.9. The maximum atomic E-state index is 12.7. The number of thiazole rings is 1. The average Bonchev–Trinajstić information content (AvgIpc) is 3.18. The molecule has 0 atom stereocenters. The minimum atomic E-state index is -0.142. The number of carbonyl (C=O) groups excluding carboxylic acids is 1. The summed E-state index contributed by atoms with van der Waals surface area (Å²) in [5.74, 6) is 0.426. The van der Waals surface area contributed by atoms with Gasteiger partial charge in [-0.2, -0.15) is 5.26 Å². The number of nitrogens with zero attached hydrogens (tertiary/aromatic N) is 4. The summed E-state index contributed by atoms with van der Waals surface area (Å²) in [7, 11) is 1.90. The van der Waals surface area contributed by atoms with Crippen LogP contribution in [0.1, 0.15) is 32.3 Å². The summed E-state index contributed by atoms with van der Waals surface area (Å²) in [6.07, 6.45) is 1.85. The Labute approximate surface area is 175 Å². The molecule has 1 amide bonds. The molecule has 150 valence electrons. The van der Waals surface area contributed by atoms with E-state index < -0.39 is 0 Å². The summed E-state index contributed by atoms with van der Waals surface area (Å²) in [4.78, 5) is 20.0. The van der Waals surface area contributed by atoms with E-state index in [-0.39, 0.29) is 12.5 Å². The van der Waals surface area contributed by atoms with E-state index in [1.165, 1.54) is 0 Å². The Bertz CT molecular complexity index is 1050. The molecule has 7 heteroatoms. The zero-order valence-corrected chi connectivity index (χ0v) is 18.0. The summed E-state index contributed by atoms with van der Waals surface area (Å²) in [6, 6.07) is 12.3. The van der Waals surface area contributed by atoms with E-state index in [1.54, 1.807) is 11.3 Å². The SMILES string of the molecule is Cc1ncc(CN(C)CC(=O)Nc2c(C#N)c(C)c(C)n2Cc2ccccc2)s1. The van der Waals surface area contributed by atoms with Gasteiger partial charge < -0.3 is 9.88 Å². The van der Waals surface area contributed by atoms with Gasteiger partial charge in [0.2, 0.25) is 5.91 Å². The quantitative estimate of drug-likeness (QED) is 0.645. The van der Waals surface area contributed by atoms with Crippen molar-refractivity contribution in [3.8, 4) is 6.07 Å². The molecule has 0 unspecified atom stereocenters. The van der Waals surface area contributed by atoms with Gasteiger partial charge in [0.1, 0.15) is 11.9 Å². The summed E-state index contributed by atoms with van der Waals surface area (Å²) in [6.45, 7) is 7.36. The molecule has 0 aliphatic carbocycles. The van der Waals surface area contributed by atoms with Gasteiger partial charge in [0.05, 0.1) is 17.1 Å². The van der Waals surface area contributed by atoms with Crippen molar-refractivity contribution in [3.63, 3.8) is 0 Å². The number of likely N-dealkylation sites (N-methyl/N-ethyl adjacent to an activating group) is 1. The highest BCUT2D eigenvalue weighted by molar-refractivity contribution is 7.11. The number of aryl methyl sites for hydroxylation is 1. The molecular formula is C22H25N5OS. The number of nitrogens with one attached hydrogen (secondary N) is 1. The number of anilines is 1. The van der Waals surface area contributed by atoms with Crippen LogP contribution in [0.25, 0.3) is 0 Å². The fourth-order valence-corrected chi connectivity index (χ4v) is 4.19. The van der Waals surface area contributed by atoms with Crippen LogP contribution in [0.5, 0.6) is 0 Å². The van der Waals surface area contributed by atoms with Gasteiger partial charge in [-0.25, -0.2) is 4.98 Å². The Morgan fingerprint density at radius 3 is 2.62 bits per heavy atom. The van der Waals surface area contributed by atoms with Gasteiger partial charge in [-0.1, -0.05) is 30.3 Å². The smallest absolute Gasteiger partial charge is 0.239 e. The van der Waals surface area contributed by atoms with Crippen LogP contribution in [0.4, 0.5) is 5.82 Å². The van der Waals surface area contributed by atoms with Crippen LogP contribution in [-0.4, -0.2) is 34.0 Å². The predicted octanol–water partition coefficient (Wildman–Crippen LogP) is 3.86. The number of hydrogen-bond acceptors (Lipinski definition) is 5. The van der Waals surface area contributed by atoms with Crippen LogP contribution < -0.4 is 5.32 Å². The zero-order valence-electron chi connectivity index (χ0n) is 17.2. The zero-order chi connectivity index (χ0) is 21.0. The van der Waals surface area contributed by atoms with E-state index in [0.717, 1.165) is 26.7 Å². The topological polar surface area (TPSA) is 74.0 Å². The highest BCUT2D eigenvalue weighted by atomic mass is 32.1. The molecule has 0 aliphatic heterocycles. The molecule has 2 aromatic heterocycles. The third-order valence-electron chi connectivity index (χ3n) is 4.89. The van der Waals surface area contributed by atoms with Crippen LogP contribution in [0.3, 0.4) is 0 Å². The number of benzene rings is 1. The van der Waals surface area contributed by atoms with Crippen LogP contribution in [0, 0.1) is 32.1 Å². The maximum Gasteiger partial charge on any atom is 0.239 e. The summed E-state index contributed by atoms with van der Waals surface area (Å²) in [5.41, 5.74) is 3.51. The monoisotopic (exact) mass is 407 g/mol. The second kappa shape index (κ2) is 9.03. The third kappa shape index (κ3) is 4.91. The third-order valence-corrected chi connectivity index (χ3v) is 5.79. The first-order chi connectivity index (χ1) is 13.9. The van der Waals surface area contributed by atoms with Crippen LogP contribution in [0.2, 0.25) is 0 Å². The lowest BCUT2D eigenvalue weighted by Crippen LogP contribution is -2.30. The molecule has 0 spiro atoms. The van der Waals surface area contributed by atoms with Gasteiger partial charge in [0.25, 0.3) is 0 Å². The molecule has 0 aliphatic rings. The van der Waals surface area contributed by atoms with Crippen molar-refractivity contribution in [2.75, 3.05) is 18.9 Å². The second-order valence-corrected chi connectivity index (χ2v) is 8.50. The highest BCUT2D eigenvalue weighted by Gasteiger charge is 2.20. The molecular weight excluding hydrogens is 382 g/mol. The van der Waals surface area contributed by atoms with Crippen LogP contribution in [0.15, 0.2) is 36.5 Å². The number of carbonyl (C=O) groups is 1. The molecule has 0 radical (unpaired) electrons. The van der Waals surface area contributed by atoms with Crippen molar-refractivity contribution in [1.82, 2.24) is 14.5 Å². The number of amides is 1. The fraction of sp³-hybridized carbons (Fsp3) is 0.318. The minimum absolute atomic E-state index is 0.142. The van der Waals surface area contributed by atoms with Crippen LogP contribution in [-0.2, 0) is 17.9 Å². The Kier molecular flexibility index (Phi) is 6.47. The molecule has 6 nitrogen and oxygen atoms in total. The first-order valence-corrected chi connectivity index (χ1v) is 10.2. The lowest BCUT2D eigenvalue weighted by atomic mass is 10.2. The average molecular weight is 408 g/mol. The van der Waals surface area contributed by atoms with E-state index in [1.807, 2.05) is 73.8 Å².